The number of aromatic nitrogens is 1. The Morgan fingerprint density at radius 3 is 2.83 bits per heavy atom. The fourth-order valence-corrected chi connectivity index (χ4v) is 1.91. The van der Waals surface area contributed by atoms with Crippen molar-refractivity contribution in [1.29, 1.82) is 0 Å². The predicted molar refractivity (Wildman–Crippen MR) is 74.4 cm³/mol. The summed E-state index contributed by atoms with van der Waals surface area (Å²) in [4.78, 5) is 6.75. The Labute approximate surface area is 110 Å². The fourth-order valence-electron chi connectivity index (χ4n) is 1.91. The van der Waals surface area contributed by atoms with Crippen molar-refractivity contribution in [3.05, 3.63) is 29.6 Å². The van der Waals surface area contributed by atoms with Gasteiger partial charge in [-0.2, -0.15) is 0 Å². The van der Waals surface area contributed by atoms with E-state index >= 15 is 0 Å². The molecule has 4 heteroatoms. The Bertz CT molecular complexity index is 344. The highest BCUT2D eigenvalue weighted by Crippen LogP contribution is 2.04. The van der Waals surface area contributed by atoms with E-state index in [4.69, 9.17) is 10.5 Å². The molecule has 0 bridgehead atoms. The average molecular weight is 251 g/mol. The van der Waals surface area contributed by atoms with Gasteiger partial charge in [-0.1, -0.05) is 6.07 Å². The molecule has 0 aliphatic heterocycles. The lowest BCUT2D eigenvalue weighted by Crippen LogP contribution is -2.29. The van der Waals surface area contributed by atoms with Gasteiger partial charge in [-0.15, -0.1) is 0 Å². The minimum Gasteiger partial charge on any atom is -0.377 e. The van der Waals surface area contributed by atoms with Crippen molar-refractivity contribution in [2.75, 3.05) is 26.7 Å². The summed E-state index contributed by atoms with van der Waals surface area (Å²) in [6.45, 7) is 7.17. The van der Waals surface area contributed by atoms with Crippen LogP contribution in [0.5, 0.6) is 0 Å². The second kappa shape index (κ2) is 8.19. The molecule has 1 unspecified atom stereocenters. The van der Waals surface area contributed by atoms with Gasteiger partial charge in [-0.25, -0.2) is 0 Å². The summed E-state index contributed by atoms with van der Waals surface area (Å²) < 4.78 is 5.54. The van der Waals surface area contributed by atoms with Crippen molar-refractivity contribution in [3.63, 3.8) is 0 Å². The molecule has 1 rings (SSSR count). The Kier molecular flexibility index (Phi) is 6.86. The first-order valence-electron chi connectivity index (χ1n) is 6.58. The topological polar surface area (TPSA) is 51.4 Å². The van der Waals surface area contributed by atoms with Crippen LogP contribution in [0.1, 0.15) is 24.7 Å². The highest BCUT2D eigenvalue weighted by molar-refractivity contribution is 5.09. The largest absolute Gasteiger partial charge is 0.377 e. The van der Waals surface area contributed by atoms with Crippen LogP contribution in [-0.2, 0) is 11.3 Å². The molecule has 0 aliphatic rings. The van der Waals surface area contributed by atoms with Crippen molar-refractivity contribution in [1.82, 2.24) is 9.88 Å². The Hall–Kier alpha value is -0.970. The monoisotopic (exact) mass is 251 g/mol. The summed E-state index contributed by atoms with van der Waals surface area (Å²) in [6.07, 6.45) is 1.13. The molecular weight excluding hydrogens is 226 g/mol. The van der Waals surface area contributed by atoms with E-state index in [0.717, 1.165) is 37.5 Å². The minimum absolute atomic E-state index is 0.169. The maximum absolute atomic E-state index is 5.66. The number of aryl methyl sites for hydroxylation is 1. The summed E-state index contributed by atoms with van der Waals surface area (Å²) in [6, 6.07) is 6.13. The normalized spacial score (nSPS) is 12.9. The van der Waals surface area contributed by atoms with E-state index in [1.54, 1.807) is 0 Å². The number of ether oxygens (including phenoxy) is 1. The summed E-state index contributed by atoms with van der Waals surface area (Å²) in [5, 5.41) is 0. The van der Waals surface area contributed by atoms with E-state index < -0.39 is 0 Å². The molecule has 4 nitrogen and oxygen atoms in total. The van der Waals surface area contributed by atoms with Crippen molar-refractivity contribution < 1.29 is 4.74 Å². The number of hydrogen-bond acceptors (Lipinski definition) is 4. The molecule has 0 amide bonds. The molecule has 1 heterocycles. The number of nitrogens with two attached hydrogens (primary N) is 1. The van der Waals surface area contributed by atoms with Crippen LogP contribution < -0.4 is 5.73 Å². The summed E-state index contributed by atoms with van der Waals surface area (Å²) in [5.41, 5.74) is 7.84. The molecule has 0 saturated heterocycles. The Morgan fingerprint density at radius 1 is 1.44 bits per heavy atom. The lowest BCUT2D eigenvalue weighted by Gasteiger charge is -2.20. The molecule has 1 aromatic heterocycles. The molecule has 2 N–H and O–H groups in total. The third-order valence-corrected chi connectivity index (χ3v) is 2.88. The number of rotatable bonds is 8. The van der Waals surface area contributed by atoms with Crippen LogP contribution >= 0.6 is 0 Å². The Morgan fingerprint density at radius 2 is 2.22 bits per heavy atom. The maximum Gasteiger partial charge on any atom is 0.0709 e. The molecule has 0 aromatic carbocycles. The van der Waals surface area contributed by atoms with Crippen LogP contribution in [-0.4, -0.2) is 42.7 Å². The van der Waals surface area contributed by atoms with Gasteiger partial charge in [0, 0.05) is 31.9 Å². The molecule has 1 aromatic rings. The molecule has 0 fully saturated rings. The molecule has 18 heavy (non-hydrogen) atoms. The van der Waals surface area contributed by atoms with Crippen molar-refractivity contribution in [2.24, 2.45) is 5.73 Å². The number of hydrogen-bond donors (Lipinski definition) is 1. The SMILES string of the molecule is CCOC(CN)CCN(C)Cc1cccc(C)n1. The smallest absolute Gasteiger partial charge is 0.0709 e. The molecular formula is C14H25N3O. The predicted octanol–water partition coefficient (Wildman–Crippen LogP) is 1.58. The van der Waals surface area contributed by atoms with Gasteiger partial charge in [0.1, 0.15) is 0 Å². The lowest BCUT2D eigenvalue weighted by atomic mass is 10.2. The van der Waals surface area contributed by atoms with Gasteiger partial charge in [0.05, 0.1) is 11.8 Å². The second-order valence-electron chi connectivity index (χ2n) is 4.61. The molecule has 1 atom stereocenters. The van der Waals surface area contributed by atoms with E-state index in [2.05, 4.69) is 23.0 Å². The fraction of sp³-hybridized carbons (Fsp3) is 0.643. The number of nitrogens with zero attached hydrogens (tertiary/aromatic N) is 2. The van der Waals surface area contributed by atoms with Crippen molar-refractivity contribution in [2.45, 2.75) is 32.9 Å². The van der Waals surface area contributed by atoms with E-state index in [9.17, 15) is 0 Å². The average Bonchev–Trinajstić information content (AvgIpc) is 2.34. The third kappa shape index (κ3) is 5.58. The van der Waals surface area contributed by atoms with Crippen LogP contribution in [0, 0.1) is 6.92 Å². The van der Waals surface area contributed by atoms with Crippen LogP contribution in [0.25, 0.3) is 0 Å². The zero-order valence-electron chi connectivity index (χ0n) is 11.7. The van der Waals surface area contributed by atoms with Gasteiger partial charge in [0.25, 0.3) is 0 Å². The van der Waals surface area contributed by atoms with Crippen LogP contribution in [0.4, 0.5) is 0 Å². The first kappa shape index (κ1) is 15.1. The standard InChI is InChI=1S/C14H25N3O/c1-4-18-14(10-15)8-9-17(3)11-13-7-5-6-12(2)16-13/h5-7,14H,4,8-11,15H2,1-3H3. The highest BCUT2D eigenvalue weighted by atomic mass is 16.5. The van der Waals surface area contributed by atoms with E-state index in [-0.39, 0.29) is 6.10 Å². The van der Waals surface area contributed by atoms with Gasteiger partial charge in [-0.05, 0) is 39.4 Å². The first-order chi connectivity index (χ1) is 8.65. The highest BCUT2D eigenvalue weighted by Gasteiger charge is 2.08. The maximum atomic E-state index is 5.66. The molecule has 102 valence electrons. The van der Waals surface area contributed by atoms with Gasteiger partial charge in [0.2, 0.25) is 0 Å². The van der Waals surface area contributed by atoms with E-state index in [1.165, 1.54) is 0 Å². The van der Waals surface area contributed by atoms with E-state index in [0.29, 0.717) is 6.54 Å². The zero-order valence-corrected chi connectivity index (χ0v) is 11.7. The molecule has 0 radical (unpaired) electrons. The van der Waals surface area contributed by atoms with Gasteiger partial charge >= 0.3 is 0 Å². The minimum atomic E-state index is 0.169. The molecule has 0 aliphatic carbocycles. The summed E-state index contributed by atoms with van der Waals surface area (Å²) >= 11 is 0. The third-order valence-electron chi connectivity index (χ3n) is 2.88. The second-order valence-corrected chi connectivity index (χ2v) is 4.61. The van der Waals surface area contributed by atoms with Crippen molar-refractivity contribution >= 4 is 0 Å². The first-order valence-corrected chi connectivity index (χ1v) is 6.58. The van der Waals surface area contributed by atoms with Crippen LogP contribution in [0.15, 0.2) is 18.2 Å². The molecule has 0 saturated carbocycles. The van der Waals surface area contributed by atoms with Crippen LogP contribution in [0.2, 0.25) is 0 Å². The molecule has 0 spiro atoms. The van der Waals surface area contributed by atoms with Crippen molar-refractivity contribution in [3.8, 4) is 0 Å². The van der Waals surface area contributed by atoms with Gasteiger partial charge in [0.15, 0.2) is 0 Å². The Balaban J connectivity index is 2.35. The van der Waals surface area contributed by atoms with Crippen LogP contribution in [0.3, 0.4) is 0 Å². The quantitative estimate of drug-likeness (QED) is 0.762. The zero-order chi connectivity index (χ0) is 13.4. The van der Waals surface area contributed by atoms with Gasteiger partial charge in [-0.3, -0.25) is 4.98 Å². The lowest BCUT2D eigenvalue weighted by molar-refractivity contribution is 0.0558. The van der Waals surface area contributed by atoms with E-state index in [1.807, 2.05) is 26.0 Å². The summed E-state index contributed by atoms with van der Waals surface area (Å²) in [7, 11) is 2.10. The summed E-state index contributed by atoms with van der Waals surface area (Å²) in [5.74, 6) is 0. The van der Waals surface area contributed by atoms with Gasteiger partial charge < -0.3 is 15.4 Å². The number of pyridine rings is 1.